The van der Waals surface area contributed by atoms with E-state index >= 15 is 0 Å². The third-order valence-electron chi connectivity index (χ3n) is 22.7. The summed E-state index contributed by atoms with van der Waals surface area (Å²) in [5.41, 5.74) is 11.0. The molecule has 0 aliphatic heterocycles. The second kappa shape index (κ2) is 55.6. The Labute approximate surface area is 779 Å². The van der Waals surface area contributed by atoms with Crippen LogP contribution in [-0.4, -0.2) is 210 Å². The number of hydrogen-bond acceptors (Lipinski definition) is 24. The fourth-order valence-corrected chi connectivity index (χ4v) is 18.7. The number of rotatable bonds is 48. The standard InChI is InChI=1S/C18H32N2OS.2C17H30N2OS.2C16H28N2OS.C15H26N2OS/c1-6-11-20(12-7-2)13-9-8-10-19-15-14(18(3,4)5)17(22)16(15)21;1-7-19(8-2)12-10-9-11-18(6)14-13(17(3,4)5)16(21)15(14)20;1-6-11-19(7-2)12-9-8-10-18-14-13(17(3,4)5)16(21)15(14)20;1-7-17(5)10-8-9-11-18(6)13-12(16(2,3)4)15(20)14(13)19;1-6-10-18(5)11-8-7-9-17-13-12(16(2,3)4)15(20)14(13)19;1-15(2,3)11-12(13(18)14(11)19)17(6)10-8-7-9-16(4)5/h19H,6-13H2,1-5H3;7-12H2,1-6H3;18H,6-12H2,1-5H3;7-11H2,1-6H3;17H,6-11H2,1-5H3;7-10H2,1-6H3. The Kier molecular flexibility index (Phi) is 52.6. The van der Waals surface area contributed by atoms with Gasteiger partial charge in [0.1, 0.15) is 0 Å². The van der Waals surface area contributed by atoms with Crippen LogP contribution in [0.4, 0.5) is 34.1 Å². The van der Waals surface area contributed by atoms with Gasteiger partial charge >= 0.3 is 0 Å². The molecule has 0 spiro atoms. The summed E-state index contributed by atoms with van der Waals surface area (Å²) in [5, 5.41) is 9.91. The first kappa shape index (κ1) is 117. The highest BCUT2D eigenvalue weighted by Crippen LogP contribution is 2.38. The van der Waals surface area contributed by atoms with E-state index in [9.17, 15) is 28.8 Å². The van der Waals surface area contributed by atoms with E-state index in [2.05, 4.69) is 268 Å². The summed E-state index contributed by atoms with van der Waals surface area (Å²) < 4.78 is 3.15. The molecule has 6 rings (SSSR count). The number of nitrogens with one attached hydrogen (secondary N) is 3. The molecule has 3 N–H and O–H groups in total. The number of hydrogen-bond donors (Lipinski definition) is 3. The first-order valence-corrected chi connectivity index (χ1v) is 49.0. The first-order chi connectivity index (χ1) is 57.0. The van der Waals surface area contributed by atoms with Gasteiger partial charge in [-0.2, -0.15) is 0 Å². The van der Waals surface area contributed by atoms with Gasteiger partial charge in [-0.05, 0) is 255 Å². The van der Waals surface area contributed by atoms with Crippen LogP contribution >= 0.6 is 73.3 Å². The van der Waals surface area contributed by atoms with Crippen molar-refractivity contribution in [1.29, 1.82) is 0 Å². The van der Waals surface area contributed by atoms with Gasteiger partial charge in [-0.3, -0.25) is 28.8 Å². The molecular formula is C99H174N12O6S6. The molecule has 0 radical (unpaired) electrons. The summed E-state index contributed by atoms with van der Waals surface area (Å²) in [7, 11) is 14.5. The molecule has 0 bridgehead atoms. The van der Waals surface area contributed by atoms with Crippen LogP contribution in [0.1, 0.15) is 316 Å². The lowest BCUT2D eigenvalue weighted by Crippen LogP contribution is -2.35. The zero-order valence-corrected chi connectivity index (χ0v) is 88.8. The summed E-state index contributed by atoms with van der Waals surface area (Å²) in [6.07, 6.45) is 18.3. The molecule has 123 heavy (non-hydrogen) atoms. The third kappa shape index (κ3) is 37.5. The van der Waals surface area contributed by atoms with E-state index in [4.69, 9.17) is 73.3 Å². The highest BCUT2D eigenvalue weighted by atomic mass is 32.1. The molecule has 0 aliphatic carbocycles. The molecule has 0 saturated carbocycles. The average molecular weight is 1820 g/mol. The van der Waals surface area contributed by atoms with E-state index in [1.807, 2.05) is 21.1 Å². The molecule has 24 heteroatoms. The maximum absolute atomic E-state index is 12.0. The second-order valence-corrected chi connectivity index (χ2v) is 42.9. The molecule has 0 heterocycles. The molecule has 0 saturated heterocycles. The normalized spacial score (nSPS) is 12.3. The molecule has 0 unspecified atom stereocenters. The molecule has 702 valence electrons. The lowest BCUT2D eigenvalue weighted by molar-refractivity contribution is 0.270. The maximum atomic E-state index is 12.0. The largest absolute Gasteiger partial charge is 0.382 e. The smallest absolute Gasteiger partial charge is 0.220 e. The van der Waals surface area contributed by atoms with E-state index in [1.165, 1.54) is 58.2 Å². The molecule has 6 aromatic rings. The van der Waals surface area contributed by atoms with Gasteiger partial charge in [0.05, 0.1) is 61.2 Å². The Balaban J connectivity index is 0.000000738. The Morgan fingerprint density at radius 1 is 0.236 bits per heavy atom. The number of unbranched alkanes of at least 4 members (excludes halogenated alkanes) is 6. The van der Waals surface area contributed by atoms with Gasteiger partial charge in [-0.25, -0.2) is 0 Å². The van der Waals surface area contributed by atoms with Crippen molar-refractivity contribution >= 4 is 107 Å². The van der Waals surface area contributed by atoms with Crippen molar-refractivity contribution in [2.24, 2.45) is 0 Å². The van der Waals surface area contributed by atoms with E-state index in [-0.39, 0.29) is 65.1 Å². The number of anilines is 6. The molecule has 0 atom stereocenters. The van der Waals surface area contributed by atoms with Crippen molar-refractivity contribution < 1.29 is 0 Å². The minimum Gasteiger partial charge on any atom is -0.382 e. The van der Waals surface area contributed by atoms with Crippen LogP contribution in [0.3, 0.4) is 0 Å². The zero-order chi connectivity index (χ0) is 94.6. The van der Waals surface area contributed by atoms with Crippen molar-refractivity contribution in [2.75, 3.05) is 211 Å². The van der Waals surface area contributed by atoms with Gasteiger partial charge in [0.25, 0.3) is 0 Å². The summed E-state index contributed by atoms with van der Waals surface area (Å²) in [6, 6.07) is 0. The highest BCUT2D eigenvalue weighted by molar-refractivity contribution is 7.72. The molecule has 0 amide bonds. The summed E-state index contributed by atoms with van der Waals surface area (Å²) >= 11 is 31.2. The van der Waals surface area contributed by atoms with Gasteiger partial charge in [-0.1, -0.05) is 253 Å². The molecule has 18 nitrogen and oxygen atoms in total. The topological polar surface area (TPSA) is 168 Å². The number of nitrogens with zero attached hydrogens (tertiary/aromatic N) is 9. The van der Waals surface area contributed by atoms with Crippen LogP contribution in [0.25, 0.3) is 0 Å². The van der Waals surface area contributed by atoms with Crippen molar-refractivity contribution in [1.82, 2.24) is 29.4 Å². The van der Waals surface area contributed by atoms with Crippen molar-refractivity contribution in [3.8, 4) is 0 Å². The van der Waals surface area contributed by atoms with Gasteiger partial charge in [-0.15, -0.1) is 0 Å². The lowest BCUT2D eigenvalue weighted by atomic mass is 9.82. The van der Waals surface area contributed by atoms with Crippen LogP contribution in [0, 0.1) is 27.1 Å². The van der Waals surface area contributed by atoms with Crippen molar-refractivity contribution in [3.05, 3.63) is 122 Å². The van der Waals surface area contributed by atoms with Gasteiger partial charge in [0.15, 0.2) is 0 Å². The molecule has 0 aliphatic rings. The molecule has 0 aromatic heterocycles. The average Bonchev–Trinajstić information content (AvgIpc) is 0.729. The Bertz CT molecular complexity index is 4520. The lowest BCUT2D eigenvalue weighted by Gasteiger charge is -2.31. The minimum atomic E-state index is -0.0492. The van der Waals surface area contributed by atoms with Crippen molar-refractivity contribution in [3.63, 3.8) is 0 Å². The SMILES string of the molecule is CCCN(C)CCCCNc1c(C(C)(C)C)c(=S)c1=O.CCCN(CC)CCCCNc1c(C(C)(C)C)c(=S)c1=O.CCCN(CCC)CCCCNc1c(C(C)(C)C)c(=S)c1=O.CCN(C)CCCCN(C)c1c(C(C)(C)C)c(=S)c1=O.CCN(CC)CCCCN(C)c1c(C(C)(C)C)c(=S)c1=O.CN(C)CCCCN(C)c1c(C(C)(C)C)c(=S)c1=O. The fraction of sp³-hybridized carbons (Fsp3) is 0.758. The Hall–Kier alpha value is -4.44. The van der Waals surface area contributed by atoms with Crippen LogP contribution < -0.4 is 63.2 Å². The minimum absolute atomic E-state index is 0.0213. The van der Waals surface area contributed by atoms with E-state index in [1.54, 1.807) is 0 Å². The predicted molar refractivity (Wildman–Crippen MR) is 555 cm³/mol. The highest BCUT2D eigenvalue weighted by Gasteiger charge is 2.34. The summed E-state index contributed by atoms with van der Waals surface area (Å²) in [5.74, 6) is 0. The van der Waals surface area contributed by atoms with Crippen LogP contribution in [0.5, 0.6) is 0 Å². The third-order valence-corrected chi connectivity index (χ3v) is 25.0. The van der Waals surface area contributed by atoms with Gasteiger partial charge in [0, 0.05) is 93.8 Å². The van der Waals surface area contributed by atoms with E-state index in [0.717, 1.165) is 243 Å². The Morgan fingerprint density at radius 3 is 0.732 bits per heavy atom. The van der Waals surface area contributed by atoms with Gasteiger partial charge < -0.3 is 60.0 Å². The first-order valence-electron chi connectivity index (χ1n) is 46.6. The van der Waals surface area contributed by atoms with Crippen LogP contribution in [0.2, 0.25) is 0 Å². The Morgan fingerprint density at radius 2 is 0.463 bits per heavy atom. The van der Waals surface area contributed by atoms with Crippen molar-refractivity contribution in [2.45, 2.75) is 315 Å². The maximum Gasteiger partial charge on any atom is 0.220 e. The molecular weight excluding hydrogens is 1650 g/mol. The predicted octanol–water partition coefficient (Wildman–Crippen LogP) is 21.0. The summed E-state index contributed by atoms with van der Waals surface area (Å²) in [4.78, 5) is 92.1. The fourth-order valence-electron chi connectivity index (χ4n) is 15.6. The zero-order valence-electron chi connectivity index (χ0n) is 83.9. The van der Waals surface area contributed by atoms with Gasteiger partial charge in [0.2, 0.25) is 32.6 Å². The van der Waals surface area contributed by atoms with E-state index < -0.39 is 0 Å². The molecule has 0 fully saturated rings. The quantitative estimate of drug-likeness (QED) is 0.0243. The van der Waals surface area contributed by atoms with Crippen LogP contribution in [0.15, 0.2) is 28.8 Å². The monoisotopic (exact) mass is 1820 g/mol. The molecule has 6 aromatic carbocycles. The second-order valence-electron chi connectivity index (χ2n) is 40.5. The summed E-state index contributed by atoms with van der Waals surface area (Å²) in [6.45, 7) is 76.8. The van der Waals surface area contributed by atoms with E-state index in [0.29, 0.717) is 27.1 Å². The van der Waals surface area contributed by atoms with Crippen LogP contribution in [-0.2, 0) is 32.5 Å².